The van der Waals surface area contributed by atoms with Gasteiger partial charge in [-0.15, -0.1) is 11.3 Å². The predicted octanol–water partition coefficient (Wildman–Crippen LogP) is 2.43. The van der Waals surface area contributed by atoms with Crippen LogP contribution in [0.4, 0.5) is 0 Å². The van der Waals surface area contributed by atoms with Crippen LogP contribution in [0.2, 0.25) is 0 Å². The number of aliphatic hydroxyl groups is 1. The van der Waals surface area contributed by atoms with Crippen molar-refractivity contribution >= 4 is 33.3 Å². The van der Waals surface area contributed by atoms with E-state index in [-0.39, 0.29) is 6.61 Å². The van der Waals surface area contributed by atoms with Crippen LogP contribution in [0.25, 0.3) is 6.08 Å². The highest BCUT2D eigenvalue weighted by Crippen LogP contribution is 2.14. The Morgan fingerprint density at radius 2 is 2.50 bits per heavy atom. The van der Waals surface area contributed by atoms with Crippen molar-refractivity contribution in [2.75, 3.05) is 5.33 Å². The highest BCUT2D eigenvalue weighted by Gasteiger charge is 1.95. The number of hydrogen-bond donors (Lipinski definition) is 1. The van der Waals surface area contributed by atoms with Gasteiger partial charge in [0.1, 0.15) is 5.01 Å². The minimum atomic E-state index is 0.0873. The van der Waals surface area contributed by atoms with Gasteiger partial charge in [0.25, 0.3) is 0 Å². The van der Waals surface area contributed by atoms with E-state index < -0.39 is 0 Å². The van der Waals surface area contributed by atoms with E-state index in [1.54, 1.807) is 6.20 Å². The van der Waals surface area contributed by atoms with Gasteiger partial charge in [0.15, 0.2) is 0 Å². The summed E-state index contributed by atoms with van der Waals surface area (Å²) in [6.45, 7) is 0.0873. The average Bonchev–Trinajstić information content (AvgIpc) is 2.53. The SMILES string of the molecule is OCc1cnc(C=CCCBr)s1. The van der Waals surface area contributed by atoms with Crippen LogP contribution >= 0.6 is 27.3 Å². The summed E-state index contributed by atoms with van der Waals surface area (Å²) in [7, 11) is 0. The summed E-state index contributed by atoms with van der Waals surface area (Å²) in [4.78, 5) is 5.03. The fourth-order valence-electron chi connectivity index (χ4n) is 0.720. The number of thiazole rings is 1. The highest BCUT2D eigenvalue weighted by atomic mass is 79.9. The first-order valence-electron chi connectivity index (χ1n) is 3.65. The number of halogens is 1. The molecule has 1 aromatic rings. The summed E-state index contributed by atoms with van der Waals surface area (Å²) < 4.78 is 0. The second kappa shape index (κ2) is 5.45. The van der Waals surface area contributed by atoms with Crippen molar-refractivity contribution in [1.29, 1.82) is 0 Å². The Labute approximate surface area is 84.1 Å². The number of allylic oxidation sites excluding steroid dienone is 1. The minimum absolute atomic E-state index is 0.0873. The molecular formula is C8H10BrNOS. The van der Waals surface area contributed by atoms with E-state index in [0.29, 0.717) is 0 Å². The van der Waals surface area contributed by atoms with E-state index in [4.69, 9.17) is 5.11 Å². The van der Waals surface area contributed by atoms with Crippen molar-refractivity contribution in [2.45, 2.75) is 13.0 Å². The summed E-state index contributed by atoms with van der Waals surface area (Å²) in [6, 6.07) is 0. The van der Waals surface area contributed by atoms with Crippen molar-refractivity contribution in [3.05, 3.63) is 22.2 Å². The zero-order valence-electron chi connectivity index (χ0n) is 6.53. The Morgan fingerprint density at radius 3 is 3.08 bits per heavy atom. The highest BCUT2D eigenvalue weighted by molar-refractivity contribution is 9.09. The van der Waals surface area contributed by atoms with Crippen LogP contribution in [0.5, 0.6) is 0 Å². The molecule has 0 unspecified atom stereocenters. The van der Waals surface area contributed by atoms with E-state index in [1.165, 1.54) is 11.3 Å². The van der Waals surface area contributed by atoms with Crippen LogP contribution in [-0.2, 0) is 6.61 Å². The normalized spacial score (nSPS) is 11.2. The first-order valence-corrected chi connectivity index (χ1v) is 5.58. The molecule has 1 rings (SSSR count). The molecule has 4 heteroatoms. The lowest BCUT2D eigenvalue weighted by atomic mass is 10.4. The number of hydrogen-bond acceptors (Lipinski definition) is 3. The molecule has 12 heavy (non-hydrogen) atoms. The molecule has 0 saturated heterocycles. The third kappa shape index (κ3) is 3.05. The van der Waals surface area contributed by atoms with Gasteiger partial charge in [0.05, 0.1) is 11.5 Å². The van der Waals surface area contributed by atoms with Gasteiger partial charge < -0.3 is 5.11 Å². The molecule has 0 aliphatic heterocycles. The van der Waals surface area contributed by atoms with Gasteiger partial charge in [-0.1, -0.05) is 22.0 Å². The molecule has 66 valence electrons. The molecule has 0 fully saturated rings. The van der Waals surface area contributed by atoms with Crippen LogP contribution in [0.15, 0.2) is 12.3 Å². The Kier molecular flexibility index (Phi) is 4.50. The maximum atomic E-state index is 8.76. The lowest BCUT2D eigenvalue weighted by molar-refractivity contribution is 0.285. The molecular weight excluding hydrogens is 238 g/mol. The maximum absolute atomic E-state index is 8.76. The largest absolute Gasteiger partial charge is 0.391 e. The van der Waals surface area contributed by atoms with E-state index in [0.717, 1.165) is 21.6 Å². The van der Waals surface area contributed by atoms with Crippen molar-refractivity contribution in [3.63, 3.8) is 0 Å². The van der Waals surface area contributed by atoms with Crippen molar-refractivity contribution in [3.8, 4) is 0 Å². The van der Waals surface area contributed by atoms with Gasteiger partial charge in [-0.2, -0.15) is 0 Å². The third-order valence-corrected chi connectivity index (χ3v) is 2.67. The molecule has 0 bridgehead atoms. The van der Waals surface area contributed by atoms with E-state index in [2.05, 4.69) is 27.0 Å². The number of rotatable bonds is 4. The van der Waals surface area contributed by atoms with Gasteiger partial charge >= 0.3 is 0 Å². The van der Waals surface area contributed by atoms with Gasteiger partial charge in [0, 0.05) is 11.5 Å². The summed E-state index contributed by atoms with van der Waals surface area (Å²) in [6.07, 6.45) is 6.76. The molecule has 0 amide bonds. The summed E-state index contributed by atoms with van der Waals surface area (Å²) in [5.41, 5.74) is 0. The Balaban J connectivity index is 2.51. The third-order valence-electron chi connectivity index (χ3n) is 1.26. The Bertz CT molecular complexity index is 259. The monoisotopic (exact) mass is 247 g/mol. The molecule has 0 aliphatic rings. The zero-order chi connectivity index (χ0) is 8.81. The molecule has 1 aromatic heterocycles. The van der Waals surface area contributed by atoms with Crippen LogP contribution in [0.3, 0.4) is 0 Å². The second-order valence-corrected chi connectivity index (χ2v) is 4.14. The first kappa shape index (κ1) is 9.89. The van der Waals surface area contributed by atoms with Gasteiger partial charge in [-0.25, -0.2) is 4.98 Å². The van der Waals surface area contributed by atoms with Crippen molar-refractivity contribution in [1.82, 2.24) is 4.98 Å². The van der Waals surface area contributed by atoms with E-state index in [1.807, 2.05) is 6.08 Å². The van der Waals surface area contributed by atoms with Crippen LogP contribution < -0.4 is 0 Å². The lowest BCUT2D eigenvalue weighted by Crippen LogP contribution is -1.70. The van der Waals surface area contributed by atoms with Crippen molar-refractivity contribution < 1.29 is 5.11 Å². The minimum Gasteiger partial charge on any atom is -0.391 e. The standard InChI is InChI=1S/C8H10BrNOS/c9-4-2-1-3-8-10-5-7(6-11)12-8/h1,3,5,11H,2,4,6H2. The van der Waals surface area contributed by atoms with E-state index >= 15 is 0 Å². The Hall–Kier alpha value is -0.190. The molecule has 1 heterocycles. The molecule has 0 radical (unpaired) electrons. The smallest absolute Gasteiger partial charge is 0.116 e. The van der Waals surface area contributed by atoms with Crippen LogP contribution in [0.1, 0.15) is 16.3 Å². The second-order valence-electron chi connectivity index (χ2n) is 2.20. The molecule has 0 saturated carbocycles. The van der Waals surface area contributed by atoms with Crippen LogP contribution in [0, 0.1) is 0 Å². The summed E-state index contributed by atoms with van der Waals surface area (Å²) in [5.74, 6) is 0. The fourth-order valence-corrected chi connectivity index (χ4v) is 1.69. The number of aliphatic hydroxyl groups excluding tert-OH is 1. The molecule has 0 atom stereocenters. The maximum Gasteiger partial charge on any atom is 0.116 e. The number of alkyl halides is 1. The molecule has 2 nitrogen and oxygen atoms in total. The molecule has 1 N–H and O–H groups in total. The summed E-state index contributed by atoms with van der Waals surface area (Å²) >= 11 is 4.85. The first-order chi connectivity index (χ1) is 5.86. The number of nitrogens with zero attached hydrogens (tertiary/aromatic N) is 1. The quantitative estimate of drug-likeness (QED) is 0.830. The molecule has 0 spiro atoms. The average molecular weight is 248 g/mol. The lowest BCUT2D eigenvalue weighted by Gasteiger charge is -1.82. The fraction of sp³-hybridized carbons (Fsp3) is 0.375. The van der Waals surface area contributed by atoms with E-state index in [9.17, 15) is 0 Å². The topological polar surface area (TPSA) is 33.1 Å². The number of aromatic nitrogens is 1. The summed E-state index contributed by atoms with van der Waals surface area (Å²) in [5, 5.41) is 10.7. The predicted molar refractivity (Wildman–Crippen MR) is 55.5 cm³/mol. The van der Waals surface area contributed by atoms with Gasteiger partial charge in [0.2, 0.25) is 0 Å². The molecule has 0 aliphatic carbocycles. The molecule has 0 aromatic carbocycles. The zero-order valence-corrected chi connectivity index (χ0v) is 8.94. The van der Waals surface area contributed by atoms with Crippen LogP contribution in [-0.4, -0.2) is 15.4 Å². The van der Waals surface area contributed by atoms with Crippen molar-refractivity contribution in [2.24, 2.45) is 0 Å². The van der Waals surface area contributed by atoms with Gasteiger partial charge in [-0.05, 0) is 12.5 Å². The van der Waals surface area contributed by atoms with Gasteiger partial charge in [-0.3, -0.25) is 0 Å². The Morgan fingerprint density at radius 1 is 1.67 bits per heavy atom.